The quantitative estimate of drug-likeness (QED) is 0.718. The summed E-state index contributed by atoms with van der Waals surface area (Å²) in [6, 6.07) is 3.16. The Morgan fingerprint density at radius 1 is 1.17 bits per heavy atom. The molecule has 1 atom stereocenters. The first-order chi connectivity index (χ1) is 13.8. The van der Waals surface area contributed by atoms with Gasteiger partial charge in [-0.05, 0) is 50.5 Å². The zero-order valence-corrected chi connectivity index (χ0v) is 16.7. The van der Waals surface area contributed by atoms with E-state index in [9.17, 15) is 9.59 Å². The lowest BCUT2D eigenvalue weighted by molar-refractivity contribution is -0.139. The molecular formula is C23H23NO5. The normalized spacial score (nSPS) is 24.7. The molecule has 3 aliphatic rings. The van der Waals surface area contributed by atoms with Crippen LogP contribution in [0.3, 0.4) is 0 Å². The third-order valence-electron chi connectivity index (χ3n) is 5.35. The van der Waals surface area contributed by atoms with E-state index in [1.807, 2.05) is 18.2 Å². The lowest BCUT2D eigenvalue weighted by atomic mass is 9.71. The third kappa shape index (κ3) is 3.56. The molecule has 1 unspecified atom stereocenters. The Balaban J connectivity index is 1.82. The van der Waals surface area contributed by atoms with Crippen LogP contribution in [-0.4, -0.2) is 28.1 Å². The topological polar surface area (TPSA) is 74.7 Å². The second kappa shape index (κ2) is 7.12. The van der Waals surface area contributed by atoms with Gasteiger partial charge in [0.15, 0.2) is 11.5 Å². The molecule has 0 radical (unpaired) electrons. The van der Waals surface area contributed by atoms with Crippen LogP contribution in [0.2, 0.25) is 0 Å². The molecule has 1 aliphatic heterocycles. The van der Waals surface area contributed by atoms with Crippen LogP contribution in [0.15, 0.2) is 71.5 Å². The zero-order valence-electron chi connectivity index (χ0n) is 16.7. The van der Waals surface area contributed by atoms with Crippen molar-refractivity contribution in [1.29, 1.82) is 0 Å². The van der Waals surface area contributed by atoms with E-state index in [4.69, 9.17) is 14.2 Å². The highest BCUT2D eigenvalue weighted by Gasteiger charge is 2.51. The van der Waals surface area contributed by atoms with E-state index in [0.29, 0.717) is 18.4 Å². The van der Waals surface area contributed by atoms with Gasteiger partial charge in [0.25, 0.3) is 0 Å². The summed E-state index contributed by atoms with van der Waals surface area (Å²) in [5, 5.41) is 0. The summed E-state index contributed by atoms with van der Waals surface area (Å²) in [4.78, 5) is 28.4. The van der Waals surface area contributed by atoms with Crippen molar-refractivity contribution in [2.45, 2.75) is 51.2 Å². The fraction of sp³-hybridized carbons (Fsp3) is 0.348. The molecule has 2 heterocycles. The average molecular weight is 393 g/mol. The minimum Gasteiger partial charge on any atom is -0.423 e. The molecule has 0 aromatic carbocycles. The van der Waals surface area contributed by atoms with Crippen molar-refractivity contribution in [2.24, 2.45) is 0 Å². The summed E-state index contributed by atoms with van der Waals surface area (Å²) in [6.07, 6.45) is 12.8. The number of hydrogen-bond donors (Lipinski definition) is 0. The van der Waals surface area contributed by atoms with Gasteiger partial charge in [-0.15, -0.1) is 0 Å². The highest BCUT2D eigenvalue weighted by atomic mass is 16.6. The van der Waals surface area contributed by atoms with Crippen LogP contribution in [0.5, 0.6) is 0 Å². The van der Waals surface area contributed by atoms with Gasteiger partial charge in [0.1, 0.15) is 5.60 Å². The van der Waals surface area contributed by atoms with Crippen molar-refractivity contribution >= 4 is 11.9 Å². The molecule has 1 saturated heterocycles. The van der Waals surface area contributed by atoms with Crippen LogP contribution in [0.25, 0.3) is 0 Å². The maximum Gasteiger partial charge on any atom is 0.343 e. The van der Waals surface area contributed by atoms with Gasteiger partial charge < -0.3 is 14.2 Å². The molecule has 2 aliphatic carbocycles. The Kier molecular flexibility index (Phi) is 4.74. The summed E-state index contributed by atoms with van der Waals surface area (Å²) in [7, 11) is 0. The van der Waals surface area contributed by atoms with Crippen LogP contribution < -0.4 is 0 Å². The molecule has 150 valence electrons. The zero-order chi connectivity index (χ0) is 20.6. The van der Waals surface area contributed by atoms with Crippen molar-refractivity contribution in [3.05, 3.63) is 77.1 Å². The molecule has 29 heavy (non-hydrogen) atoms. The standard InChI is InChI=1S/C23H23NO5/c1-15(25)27-19-14-17-6-4-5-10-23(17)18(7-11-22(2,3)29-23)20(19)28-21(26)16-8-12-24-13-9-16/h4-6,8-9,12-14H,7,10-11H2,1-3H3. The van der Waals surface area contributed by atoms with Crippen molar-refractivity contribution in [1.82, 2.24) is 4.98 Å². The van der Waals surface area contributed by atoms with E-state index in [2.05, 4.69) is 18.8 Å². The molecule has 1 aromatic heterocycles. The smallest absolute Gasteiger partial charge is 0.343 e. The van der Waals surface area contributed by atoms with E-state index >= 15 is 0 Å². The van der Waals surface area contributed by atoms with Gasteiger partial charge in [-0.2, -0.15) is 0 Å². The van der Waals surface area contributed by atoms with Crippen LogP contribution in [0.4, 0.5) is 0 Å². The maximum atomic E-state index is 12.8. The molecular weight excluding hydrogens is 370 g/mol. The minimum absolute atomic E-state index is 0.232. The number of carbonyl (C=O) groups is 2. The SMILES string of the molecule is CC(=O)OC1=CC2=CC=CCC23OC(C)(C)CCC3=C1OC(=O)c1ccncc1. The molecule has 0 N–H and O–H groups in total. The van der Waals surface area contributed by atoms with Gasteiger partial charge in [0.2, 0.25) is 0 Å². The summed E-state index contributed by atoms with van der Waals surface area (Å²) < 4.78 is 17.8. The van der Waals surface area contributed by atoms with Crippen LogP contribution in [0, 0.1) is 0 Å². The fourth-order valence-electron chi connectivity index (χ4n) is 4.07. The van der Waals surface area contributed by atoms with Gasteiger partial charge in [-0.25, -0.2) is 4.79 Å². The number of pyridine rings is 1. The number of ether oxygens (including phenoxy) is 3. The fourth-order valence-corrected chi connectivity index (χ4v) is 4.07. The van der Waals surface area contributed by atoms with Gasteiger partial charge in [-0.3, -0.25) is 9.78 Å². The highest BCUT2D eigenvalue weighted by molar-refractivity contribution is 5.90. The van der Waals surface area contributed by atoms with E-state index < -0.39 is 17.5 Å². The summed E-state index contributed by atoms with van der Waals surface area (Å²) in [5.41, 5.74) is 1.02. The Morgan fingerprint density at radius 3 is 2.66 bits per heavy atom. The first-order valence-electron chi connectivity index (χ1n) is 9.65. The molecule has 1 aromatic rings. The molecule has 1 fully saturated rings. The van der Waals surface area contributed by atoms with Gasteiger partial charge in [-0.1, -0.05) is 18.2 Å². The summed E-state index contributed by atoms with van der Waals surface area (Å²) in [5.74, 6) is -0.516. The first-order valence-corrected chi connectivity index (χ1v) is 9.65. The summed E-state index contributed by atoms with van der Waals surface area (Å²) >= 11 is 0. The monoisotopic (exact) mass is 393 g/mol. The maximum absolute atomic E-state index is 12.8. The molecule has 6 heteroatoms. The predicted octanol–water partition coefficient (Wildman–Crippen LogP) is 4.17. The number of aromatic nitrogens is 1. The van der Waals surface area contributed by atoms with Crippen LogP contribution in [-0.2, 0) is 19.0 Å². The average Bonchev–Trinajstić information content (AvgIpc) is 2.67. The number of rotatable bonds is 3. The Bertz CT molecular complexity index is 984. The molecule has 4 rings (SSSR count). The van der Waals surface area contributed by atoms with Crippen LogP contribution >= 0.6 is 0 Å². The first kappa shape index (κ1) is 19.3. The van der Waals surface area contributed by atoms with Crippen molar-refractivity contribution in [2.75, 3.05) is 0 Å². The van der Waals surface area contributed by atoms with Crippen molar-refractivity contribution in [3.63, 3.8) is 0 Å². The van der Waals surface area contributed by atoms with Crippen molar-refractivity contribution in [3.8, 4) is 0 Å². The predicted molar refractivity (Wildman–Crippen MR) is 105 cm³/mol. The number of allylic oxidation sites excluding steroid dienone is 2. The molecule has 6 nitrogen and oxygen atoms in total. The third-order valence-corrected chi connectivity index (χ3v) is 5.35. The van der Waals surface area contributed by atoms with Gasteiger partial charge in [0, 0.05) is 31.3 Å². The highest BCUT2D eigenvalue weighted by Crippen LogP contribution is 2.52. The van der Waals surface area contributed by atoms with E-state index in [0.717, 1.165) is 17.6 Å². The second-order valence-electron chi connectivity index (χ2n) is 7.98. The Morgan fingerprint density at radius 2 is 1.93 bits per heavy atom. The Hall–Kier alpha value is -2.99. The number of nitrogens with zero attached hydrogens (tertiary/aromatic N) is 1. The molecule has 0 amide bonds. The molecule has 1 spiro atoms. The largest absolute Gasteiger partial charge is 0.423 e. The number of esters is 2. The van der Waals surface area contributed by atoms with Gasteiger partial charge in [0.05, 0.1) is 11.2 Å². The van der Waals surface area contributed by atoms with E-state index in [-0.39, 0.29) is 17.1 Å². The van der Waals surface area contributed by atoms with Gasteiger partial charge >= 0.3 is 11.9 Å². The summed E-state index contributed by atoms with van der Waals surface area (Å²) in [6.45, 7) is 5.44. The minimum atomic E-state index is -0.728. The Labute approximate surface area is 169 Å². The van der Waals surface area contributed by atoms with E-state index in [1.165, 1.54) is 19.3 Å². The van der Waals surface area contributed by atoms with E-state index in [1.54, 1.807) is 18.2 Å². The second-order valence-corrected chi connectivity index (χ2v) is 7.98. The lowest BCUT2D eigenvalue weighted by Crippen LogP contribution is -2.50. The van der Waals surface area contributed by atoms with Crippen molar-refractivity contribution < 1.29 is 23.8 Å². The number of hydrogen-bond acceptors (Lipinski definition) is 6. The molecule has 0 bridgehead atoms. The molecule has 0 saturated carbocycles. The number of carbonyl (C=O) groups excluding carboxylic acids is 2. The van der Waals surface area contributed by atoms with Crippen LogP contribution in [0.1, 0.15) is 50.4 Å². The lowest BCUT2D eigenvalue weighted by Gasteiger charge is -2.50.